The molecule has 0 aliphatic rings. The second-order valence-electron chi connectivity index (χ2n) is 3.31. The summed E-state index contributed by atoms with van der Waals surface area (Å²) in [5.41, 5.74) is 1.84. The third kappa shape index (κ3) is 4.44. The summed E-state index contributed by atoms with van der Waals surface area (Å²) in [6.45, 7) is 7.85. The minimum Gasteiger partial charge on any atom is -0.352 e. The Bertz CT molecular complexity index is 373. The van der Waals surface area contributed by atoms with E-state index < -0.39 is 0 Å². The van der Waals surface area contributed by atoms with Gasteiger partial charge >= 0.3 is 0 Å². The SMILES string of the molecule is C=CCNC(=O)CSc1nc(C)cc(C)n1. The molecule has 0 aliphatic heterocycles. The molecule has 1 heterocycles. The zero-order valence-corrected chi connectivity index (χ0v) is 10.3. The van der Waals surface area contributed by atoms with Gasteiger partial charge in [-0.15, -0.1) is 6.58 Å². The fourth-order valence-electron chi connectivity index (χ4n) is 1.13. The van der Waals surface area contributed by atoms with E-state index in [0.29, 0.717) is 17.5 Å². The topological polar surface area (TPSA) is 54.9 Å². The quantitative estimate of drug-likeness (QED) is 0.479. The summed E-state index contributed by atoms with van der Waals surface area (Å²) in [4.78, 5) is 19.8. The Hall–Kier alpha value is -1.36. The molecule has 1 rings (SSSR count). The zero-order chi connectivity index (χ0) is 12.0. The van der Waals surface area contributed by atoms with Crippen LogP contribution in [-0.4, -0.2) is 28.2 Å². The van der Waals surface area contributed by atoms with Crippen LogP contribution >= 0.6 is 11.8 Å². The van der Waals surface area contributed by atoms with Crippen LogP contribution in [0.1, 0.15) is 11.4 Å². The number of nitrogens with one attached hydrogen (secondary N) is 1. The summed E-state index contributed by atoms with van der Waals surface area (Å²) in [7, 11) is 0. The molecule has 0 unspecified atom stereocenters. The maximum Gasteiger partial charge on any atom is 0.230 e. The molecule has 0 saturated heterocycles. The third-order valence-electron chi connectivity index (χ3n) is 1.74. The van der Waals surface area contributed by atoms with Crippen molar-refractivity contribution in [3.05, 3.63) is 30.1 Å². The number of nitrogens with zero attached hydrogens (tertiary/aromatic N) is 2. The van der Waals surface area contributed by atoms with Crippen molar-refractivity contribution >= 4 is 17.7 Å². The van der Waals surface area contributed by atoms with Crippen LogP contribution < -0.4 is 5.32 Å². The van der Waals surface area contributed by atoms with Crippen LogP contribution in [0.2, 0.25) is 0 Å². The average molecular weight is 237 g/mol. The molecule has 1 aromatic rings. The van der Waals surface area contributed by atoms with Crippen molar-refractivity contribution in [1.82, 2.24) is 15.3 Å². The fourth-order valence-corrected chi connectivity index (χ4v) is 1.90. The minimum absolute atomic E-state index is 0.0346. The fraction of sp³-hybridized carbons (Fsp3) is 0.364. The molecule has 0 saturated carbocycles. The first-order chi connectivity index (χ1) is 7.61. The smallest absolute Gasteiger partial charge is 0.230 e. The van der Waals surface area contributed by atoms with Crippen LogP contribution in [0.5, 0.6) is 0 Å². The summed E-state index contributed by atoms with van der Waals surface area (Å²) >= 11 is 1.34. The van der Waals surface area contributed by atoms with E-state index >= 15 is 0 Å². The van der Waals surface area contributed by atoms with Gasteiger partial charge in [0.1, 0.15) is 0 Å². The number of hydrogen-bond acceptors (Lipinski definition) is 4. The van der Waals surface area contributed by atoms with Crippen molar-refractivity contribution in [2.24, 2.45) is 0 Å². The number of carbonyl (C=O) groups is 1. The van der Waals surface area contributed by atoms with E-state index in [0.717, 1.165) is 11.4 Å². The largest absolute Gasteiger partial charge is 0.352 e. The molecule has 0 atom stereocenters. The van der Waals surface area contributed by atoms with E-state index in [4.69, 9.17) is 0 Å². The van der Waals surface area contributed by atoms with Gasteiger partial charge in [0.05, 0.1) is 5.75 Å². The second kappa shape index (κ2) is 6.27. The molecule has 0 aliphatic carbocycles. The standard InChI is InChI=1S/C11H15N3OS/c1-4-5-12-10(15)7-16-11-13-8(2)6-9(3)14-11/h4,6H,1,5,7H2,2-3H3,(H,12,15). The van der Waals surface area contributed by atoms with Gasteiger partial charge in [0, 0.05) is 17.9 Å². The van der Waals surface area contributed by atoms with E-state index in [2.05, 4.69) is 21.9 Å². The maximum atomic E-state index is 11.3. The van der Waals surface area contributed by atoms with Gasteiger partial charge < -0.3 is 5.32 Å². The monoisotopic (exact) mass is 237 g/mol. The Kier molecular flexibility index (Phi) is 4.98. The van der Waals surface area contributed by atoms with Crippen LogP contribution in [0.3, 0.4) is 0 Å². The third-order valence-corrected chi connectivity index (χ3v) is 2.58. The lowest BCUT2D eigenvalue weighted by Crippen LogP contribution is -2.25. The lowest BCUT2D eigenvalue weighted by molar-refractivity contribution is -0.118. The number of aromatic nitrogens is 2. The summed E-state index contributed by atoms with van der Waals surface area (Å²) in [5, 5.41) is 3.34. The van der Waals surface area contributed by atoms with Crippen molar-refractivity contribution in [1.29, 1.82) is 0 Å². The number of rotatable bonds is 5. The molecule has 4 nitrogen and oxygen atoms in total. The minimum atomic E-state index is -0.0346. The highest BCUT2D eigenvalue weighted by atomic mass is 32.2. The molecule has 1 aromatic heterocycles. The van der Waals surface area contributed by atoms with E-state index in [1.165, 1.54) is 11.8 Å². The highest BCUT2D eigenvalue weighted by Gasteiger charge is 2.04. The lowest BCUT2D eigenvalue weighted by Gasteiger charge is -2.03. The number of carbonyl (C=O) groups excluding carboxylic acids is 1. The normalized spacial score (nSPS) is 9.88. The molecule has 0 aromatic carbocycles. The van der Waals surface area contributed by atoms with E-state index in [-0.39, 0.29) is 5.91 Å². The Morgan fingerprint density at radius 1 is 1.50 bits per heavy atom. The molecular weight excluding hydrogens is 222 g/mol. The molecule has 0 spiro atoms. The van der Waals surface area contributed by atoms with Gasteiger partial charge in [0.2, 0.25) is 5.91 Å². The summed E-state index contributed by atoms with van der Waals surface area (Å²) in [6.07, 6.45) is 1.65. The van der Waals surface area contributed by atoms with Gasteiger partial charge in [-0.3, -0.25) is 4.79 Å². The first kappa shape index (κ1) is 12.7. The van der Waals surface area contributed by atoms with Crippen LogP contribution in [0.25, 0.3) is 0 Å². The summed E-state index contributed by atoms with van der Waals surface area (Å²) in [6, 6.07) is 1.90. The van der Waals surface area contributed by atoms with E-state index in [1.807, 2.05) is 19.9 Å². The van der Waals surface area contributed by atoms with Crippen molar-refractivity contribution in [3.63, 3.8) is 0 Å². The van der Waals surface area contributed by atoms with Crippen LogP contribution in [-0.2, 0) is 4.79 Å². The van der Waals surface area contributed by atoms with Gasteiger partial charge in [-0.1, -0.05) is 17.8 Å². The van der Waals surface area contributed by atoms with Crippen molar-refractivity contribution < 1.29 is 4.79 Å². The van der Waals surface area contributed by atoms with Crippen molar-refractivity contribution in [2.45, 2.75) is 19.0 Å². The Morgan fingerprint density at radius 3 is 2.69 bits per heavy atom. The Labute approximate surface area is 99.6 Å². The summed E-state index contributed by atoms with van der Waals surface area (Å²) in [5.74, 6) is 0.296. The molecular formula is C11H15N3OS. The molecule has 86 valence electrons. The van der Waals surface area contributed by atoms with Crippen LogP contribution in [0, 0.1) is 13.8 Å². The van der Waals surface area contributed by atoms with Crippen LogP contribution in [0.4, 0.5) is 0 Å². The van der Waals surface area contributed by atoms with Crippen molar-refractivity contribution in [2.75, 3.05) is 12.3 Å². The molecule has 5 heteroatoms. The predicted molar refractivity (Wildman–Crippen MR) is 65.4 cm³/mol. The molecule has 0 radical (unpaired) electrons. The number of amides is 1. The predicted octanol–water partition coefficient (Wildman–Crippen LogP) is 1.49. The number of thioether (sulfide) groups is 1. The van der Waals surface area contributed by atoms with Gasteiger partial charge in [-0.25, -0.2) is 9.97 Å². The highest BCUT2D eigenvalue weighted by Crippen LogP contribution is 2.13. The highest BCUT2D eigenvalue weighted by molar-refractivity contribution is 7.99. The van der Waals surface area contributed by atoms with Gasteiger partial charge in [0.25, 0.3) is 0 Å². The van der Waals surface area contributed by atoms with E-state index in [1.54, 1.807) is 6.08 Å². The molecule has 0 fully saturated rings. The number of aryl methyl sites for hydroxylation is 2. The van der Waals surface area contributed by atoms with Gasteiger partial charge in [-0.05, 0) is 19.9 Å². The second-order valence-corrected chi connectivity index (χ2v) is 4.26. The van der Waals surface area contributed by atoms with Crippen LogP contribution in [0.15, 0.2) is 23.9 Å². The number of hydrogen-bond donors (Lipinski definition) is 1. The maximum absolute atomic E-state index is 11.3. The molecule has 0 bridgehead atoms. The van der Waals surface area contributed by atoms with Gasteiger partial charge in [-0.2, -0.15) is 0 Å². The van der Waals surface area contributed by atoms with Crippen molar-refractivity contribution in [3.8, 4) is 0 Å². The first-order valence-electron chi connectivity index (χ1n) is 4.94. The first-order valence-corrected chi connectivity index (χ1v) is 5.93. The van der Waals surface area contributed by atoms with E-state index in [9.17, 15) is 4.79 Å². The Morgan fingerprint density at radius 2 is 2.12 bits per heavy atom. The molecule has 1 amide bonds. The van der Waals surface area contributed by atoms with Gasteiger partial charge in [0.15, 0.2) is 5.16 Å². The zero-order valence-electron chi connectivity index (χ0n) is 9.49. The summed E-state index contributed by atoms with van der Waals surface area (Å²) < 4.78 is 0. The molecule has 1 N–H and O–H groups in total. The average Bonchev–Trinajstić information content (AvgIpc) is 2.22. The Balaban J connectivity index is 2.47. The lowest BCUT2D eigenvalue weighted by atomic mass is 10.4. The molecule has 16 heavy (non-hydrogen) atoms.